The molecule has 7 nitrogen and oxygen atoms in total. The number of carbonyl (C=O) groups excluding carboxylic acids is 3. The maximum Gasteiger partial charge on any atom is 0.226 e. The Kier molecular flexibility index (Phi) is 5.38. The molecule has 1 saturated heterocycles. The minimum atomic E-state index is -0.665. The molecule has 2 aromatic rings. The van der Waals surface area contributed by atoms with Crippen molar-refractivity contribution in [2.45, 2.75) is 18.9 Å². The van der Waals surface area contributed by atoms with Crippen LogP contribution in [-0.2, 0) is 9.59 Å². The second-order valence-corrected chi connectivity index (χ2v) is 8.47. The molecule has 3 aliphatic rings. The number of ketones is 3. The molecule has 1 aliphatic heterocycles. The molecule has 168 valence electrons. The highest BCUT2D eigenvalue weighted by Gasteiger charge is 2.28. The summed E-state index contributed by atoms with van der Waals surface area (Å²) in [6.45, 7) is 2.88. The smallest absolute Gasteiger partial charge is 0.226 e. The van der Waals surface area contributed by atoms with Gasteiger partial charge < -0.3 is 14.8 Å². The van der Waals surface area contributed by atoms with Crippen LogP contribution in [0.3, 0.4) is 0 Å². The van der Waals surface area contributed by atoms with E-state index in [-0.39, 0.29) is 17.0 Å². The molecule has 1 aromatic carbocycles. The Hall–Kier alpha value is -3.65. The summed E-state index contributed by atoms with van der Waals surface area (Å²) in [5.41, 5.74) is 0.902. The van der Waals surface area contributed by atoms with Crippen LogP contribution in [0, 0.1) is 5.82 Å². The minimum absolute atomic E-state index is 0.0530. The second kappa shape index (κ2) is 8.37. The van der Waals surface area contributed by atoms with Gasteiger partial charge in [0, 0.05) is 43.8 Å². The van der Waals surface area contributed by atoms with Gasteiger partial charge in [0.25, 0.3) is 0 Å². The molecule has 0 atom stereocenters. The van der Waals surface area contributed by atoms with Crippen LogP contribution in [0.1, 0.15) is 29.2 Å². The monoisotopic (exact) mass is 447 g/mol. The fraction of sp³-hybridized carbons (Fsp3) is 0.280. The lowest BCUT2D eigenvalue weighted by atomic mass is 10.0. The number of nitrogens with one attached hydrogen (secondary N) is 1. The van der Waals surface area contributed by atoms with Gasteiger partial charge in [0.05, 0.1) is 16.8 Å². The van der Waals surface area contributed by atoms with E-state index in [4.69, 9.17) is 0 Å². The van der Waals surface area contributed by atoms with Crippen LogP contribution < -0.4 is 15.6 Å². The lowest BCUT2D eigenvalue weighted by Gasteiger charge is -2.30. The van der Waals surface area contributed by atoms with E-state index in [2.05, 4.69) is 5.32 Å². The average Bonchev–Trinajstić information content (AvgIpc) is 3.66. The average molecular weight is 447 g/mol. The van der Waals surface area contributed by atoms with E-state index in [0.717, 1.165) is 38.1 Å². The number of halogens is 1. The van der Waals surface area contributed by atoms with Gasteiger partial charge in [-0.15, -0.1) is 0 Å². The number of carbonyl (C=O) groups is 3. The third-order valence-electron chi connectivity index (χ3n) is 6.16. The number of rotatable bonds is 5. The van der Waals surface area contributed by atoms with Gasteiger partial charge >= 0.3 is 0 Å². The summed E-state index contributed by atoms with van der Waals surface area (Å²) < 4.78 is 16.9. The molecule has 8 heteroatoms. The van der Waals surface area contributed by atoms with Gasteiger partial charge in [0.15, 0.2) is 5.78 Å². The summed E-state index contributed by atoms with van der Waals surface area (Å²) >= 11 is 0. The largest absolute Gasteiger partial charge is 0.367 e. The first kappa shape index (κ1) is 21.2. The van der Waals surface area contributed by atoms with E-state index in [0.29, 0.717) is 29.9 Å². The minimum Gasteiger partial charge on any atom is -0.367 e. The summed E-state index contributed by atoms with van der Waals surface area (Å²) in [6.07, 6.45) is 9.72. The Morgan fingerprint density at radius 3 is 2.52 bits per heavy atom. The molecule has 0 radical (unpaired) electrons. The molecule has 2 heterocycles. The molecule has 1 aromatic heterocycles. The van der Waals surface area contributed by atoms with Crippen molar-refractivity contribution in [3.8, 4) is 0 Å². The maximum atomic E-state index is 15.0. The molecule has 0 amide bonds. The number of nitrogens with zero attached hydrogens (tertiary/aromatic N) is 2. The molecule has 0 bridgehead atoms. The number of anilines is 1. The van der Waals surface area contributed by atoms with E-state index < -0.39 is 28.6 Å². The fourth-order valence-electron chi connectivity index (χ4n) is 4.23. The molecule has 1 saturated carbocycles. The number of hydrogen-bond donors (Lipinski definition) is 1. The van der Waals surface area contributed by atoms with Gasteiger partial charge in [0.1, 0.15) is 5.82 Å². The van der Waals surface area contributed by atoms with Crippen molar-refractivity contribution in [2.75, 3.05) is 31.1 Å². The van der Waals surface area contributed by atoms with Crippen LogP contribution in [0.5, 0.6) is 0 Å². The van der Waals surface area contributed by atoms with Gasteiger partial charge in [-0.05, 0) is 48.8 Å². The van der Waals surface area contributed by atoms with Crippen molar-refractivity contribution in [2.24, 2.45) is 0 Å². The Morgan fingerprint density at radius 2 is 1.82 bits per heavy atom. The van der Waals surface area contributed by atoms with Gasteiger partial charge in [0.2, 0.25) is 17.0 Å². The number of pyridine rings is 1. The summed E-state index contributed by atoms with van der Waals surface area (Å²) in [5, 5.41) is 3.42. The van der Waals surface area contributed by atoms with Gasteiger partial charge in [-0.1, -0.05) is 12.2 Å². The first-order valence-corrected chi connectivity index (χ1v) is 11.0. The zero-order chi connectivity index (χ0) is 23.1. The van der Waals surface area contributed by atoms with Crippen molar-refractivity contribution < 1.29 is 18.8 Å². The number of hydrogen-bond acceptors (Lipinski definition) is 6. The maximum absolute atomic E-state index is 15.0. The normalized spacial score (nSPS) is 18.9. The third kappa shape index (κ3) is 4.09. The summed E-state index contributed by atoms with van der Waals surface area (Å²) in [6, 6.07) is 3.13. The zero-order valence-corrected chi connectivity index (χ0v) is 17.8. The van der Waals surface area contributed by atoms with Crippen molar-refractivity contribution in [1.82, 2.24) is 9.88 Å². The highest BCUT2D eigenvalue weighted by Crippen LogP contribution is 2.38. The lowest BCUT2D eigenvalue weighted by Crippen LogP contribution is -2.43. The molecular weight excluding hydrogens is 425 g/mol. The summed E-state index contributed by atoms with van der Waals surface area (Å²) in [4.78, 5) is 50.8. The van der Waals surface area contributed by atoms with Crippen LogP contribution in [0.15, 0.2) is 59.1 Å². The van der Waals surface area contributed by atoms with Crippen LogP contribution in [0.4, 0.5) is 10.1 Å². The predicted octanol–water partition coefficient (Wildman–Crippen LogP) is 2.26. The Morgan fingerprint density at radius 1 is 1.06 bits per heavy atom. The van der Waals surface area contributed by atoms with E-state index in [1.54, 1.807) is 12.3 Å². The van der Waals surface area contributed by atoms with Crippen molar-refractivity contribution in [3.05, 3.63) is 75.9 Å². The molecular formula is C25H22FN3O4. The van der Waals surface area contributed by atoms with Gasteiger partial charge in [-0.25, -0.2) is 4.39 Å². The highest BCUT2D eigenvalue weighted by molar-refractivity contribution is 6.46. The fourth-order valence-corrected chi connectivity index (χ4v) is 4.23. The summed E-state index contributed by atoms with van der Waals surface area (Å²) in [5.74, 6) is -2.31. The molecule has 2 aliphatic carbocycles. The number of piperazine rings is 1. The SMILES string of the molecule is O=C1C=CC(/C=C/C(=O)c2cn(C3CC3)c3cc(N4CCNCC4)c(F)cc3c2=O)=CC1=O. The van der Waals surface area contributed by atoms with Crippen LogP contribution in [0.25, 0.3) is 10.9 Å². The van der Waals surface area contributed by atoms with Crippen LogP contribution >= 0.6 is 0 Å². The standard InChI is InChI=1S/C25H22FN3O4/c26-19-12-17-20(13-21(19)28-9-7-27-8-10-28)29(16-3-4-16)14-18(25(17)33)22(30)5-1-15-2-6-23(31)24(32)11-15/h1-2,5-6,11-14,16,27H,3-4,7-10H2/b5-1+. The first-order valence-electron chi connectivity index (χ1n) is 11.0. The quantitative estimate of drug-likeness (QED) is 0.327. The molecule has 0 unspecified atom stereocenters. The number of benzene rings is 1. The predicted molar refractivity (Wildman–Crippen MR) is 122 cm³/mol. The molecule has 0 spiro atoms. The Balaban J connectivity index is 1.55. The summed E-state index contributed by atoms with van der Waals surface area (Å²) in [7, 11) is 0. The first-order chi connectivity index (χ1) is 15.9. The van der Waals surface area contributed by atoms with E-state index in [1.807, 2.05) is 9.47 Å². The van der Waals surface area contributed by atoms with E-state index >= 15 is 4.39 Å². The van der Waals surface area contributed by atoms with Crippen LogP contribution in [0.2, 0.25) is 0 Å². The van der Waals surface area contributed by atoms with Crippen molar-refractivity contribution in [1.29, 1.82) is 0 Å². The zero-order valence-electron chi connectivity index (χ0n) is 17.8. The van der Waals surface area contributed by atoms with Crippen molar-refractivity contribution >= 4 is 33.9 Å². The van der Waals surface area contributed by atoms with Crippen LogP contribution in [-0.4, -0.2) is 48.1 Å². The molecule has 33 heavy (non-hydrogen) atoms. The number of allylic oxidation sites excluding steroid dienone is 6. The Labute approximate surface area is 188 Å². The molecule has 1 N–H and O–H groups in total. The highest BCUT2D eigenvalue weighted by atomic mass is 19.1. The van der Waals surface area contributed by atoms with Crippen molar-refractivity contribution in [3.63, 3.8) is 0 Å². The second-order valence-electron chi connectivity index (χ2n) is 8.47. The molecule has 2 fully saturated rings. The lowest BCUT2D eigenvalue weighted by molar-refractivity contribution is -0.131. The molecule has 5 rings (SSSR count). The van der Waals surface area contributed by atoms with Gasteiger partial charge in [-0.2, -0.15) is 0 Å². The third-order valence-corrected chi connectivity index (χ3v) is 6.16. The number of aromatic nitrogens is 1. The topological polar surface area (TPSA) is 88.5 Å². The Bertz CT molecular complexity index is 1340. The van der Waals surface area contributed by atoms with E-state index in [1.165, 1.54) is 24.3 Å². The number of fused-ring (bicyclic) bond motifs is 1. The van der Waals surface area contributed by atoms with Gasteiger partial charge in [-0.3, -0.25) is 19.2 Å². The van der Waals surface area contributed by atoms with E-state index in [9.17, 15) is 19.2 Å².